The molecule has 4 heteroatoms. The molecule has 0 bridgehead atoms. The molecule has 0 saturated heterocycles. The van der Waals surface area contributed by atoms with Gasteiger partial charge in [0.15, 0.2) is 0 Å². The number of aromatic nitrogens is 3. The van der Waals surface area contributed by atoms with Gasteiger partial charge in [-0.1, -0.05) is 122 Å². The van der Waals surface area contributed by atoms with E-state index in [9.17, 15) is 0 Å². The van der Waals surface area contributed by atoms with Crippen LogP contribution in [0.25, 0.3) is 82.8 Å². The number of allylic oxidation sites excluding steroid dienone is 5. The summed E-state index contributed by atoms with van der Waals surface area (Å²) in [7, 11) is 0. The number of hydrogen-bond donors (Lipinski definition) is 1. The van der Waals surface area contributed by atoms with Gasteiger partial charge in [-0.15, -0.1) is 0 Å². The van der Waals surface area contributed by atoms with Crippen molar-refractivity contribution in [2.45, 2.75) is 13.1 Å². The number of nitrogens with zero attached hydrogens (tertiary/aromatic N) is 3. The van der Waals surface area contributed by atoms with Crippen LogP contribution in [0.4, 0.5) is 5.69 Å². The van der Waals surface area contributed by atoms with Crippen LogP contribution in [0.5, 0.6) is 0 Å². The normalized spacial score (nSPS) is 14.8. The molecular weight excluding hydrogens is 621 g/mol. The number of benzene rings is 6. The fraction of sp³-hybridized carbons (Fsp3) is 0.0426. The van der Waals surface area contributed by atoms with E-state index in [2.05, 4.69) is 173 Å². The van der Waals surface area contributed by atoms with Gasteiger partial charge in [-0.05, 0) is 66.6 Å². The molecule has 0 radical (unpaired) electrons. The molecule has 1 atom stereocenters. The Hall–Kier alpha value is -6.65. The second-order valence-corrected chi connectivity index (χ2v) is 13.2. The van der Waals surface area contributed by atoms with Crippen molar-refractivity contribution in [1.82, 2.24) is 14.1 Å². The maximum Gasteiger partial charge on any atom is 0.123 e. The molecule has 1 N–H and O–H groups in total. The Labute approximate surface area is 295 Å². The molecule has 4 heterocycles. The molecule has 6 aromatic carbocycles. The van der Waals surface area contributed by atoms with Crippen molar-refractivity contribution < 1.29 is 0 Å². The first-order valence-corrected chi connectivity index (χ1v) is 17.5. The van der Waals surface area contributed by atoms with Crippen molar-refractivity contribution in [1.29, 1.82) is 0 Å². The Balaban J connectivity index is 1.17. The highest BCUT2D eigenvalue weighted by molar-refractivity contribution is 6.13. The first kappa shape index (κ1) is 29.3. The van der Waals surface area contributed by atoms with E-state index in [4.69, 9.17) is 4.98 Å². The minimum absolute atomic E-state index is 0.126. The van der Waals surface area contributed by atoms with E-state index in [0.717, 1.165) is 49.9 Å². The van der Waals surface area contributed by atoms with E-state index in [0.29, 0.717) is 0 Å². The van der Waals surface area contributed by atoms with Gasteiger partial charge in [0.25, 0.3) is 0 Å². The van der Waals surface area contributed by atoms with Crippen molar-refractivity contribution in [3.05, 3.63) is 175 Å². The number of anilines is 1. The smallest absolute Gasteiger partial charge is 0.123 e. The second kappa shape index (κ2) is 11.5. The average molecular weight is 655 g/mol. The fourth-order valence-electron chi connectivity index (χ4n) is 8.20. The monoisotopic (exact) mass is 654 g/mol. The Kier molecular flexibility index (Phi) is 6.58. The maximum atomic E-state index is 5.29. The van der Waals surface area contributed by atoms with Crippen molar-refractivity contribution >= 4 is 82.8 Å². The van der Waals surface area contributed by atoms with E-state index in [1.54, 1.807) is 0 Å². The quantitative estimate of drug-likeness (QED) is 0.148. The lowest BCUT2D eigenvalue weighted by atomic mass is 9.93. The van der Waals surface area contributed by atoms with Crippen LogP contribution < -0.4 is 5.32 Å². The number of rotatable bonds is 5. The highest BCUT2D eigenvalue weighted by Gasteiger charge is 2.24. The lowest BCUT2D eigenvalue weighted by Gasteiger charge is -2.27. The molecule has 4 nitrogen and oxygen atoms in total. The molecule has 3 aromatic heterocycles. The van der Waals surface area contributed by atoms with Crippen LogP contribution in [0.1, 0.15) is 24.2 Å². The van der Waals surface area contributed by atoms with Gasteiger partial charge in [0.05, 0.1) is 38.8 Å². The predicted octanol–water partition coefficient (Wildman–Crippen LogP) is 12.4. The Bertz CT molecular complexity index is 2930. The summed E-state index contributed by atoms with van der Waals surface area (Å²) in [5.74, 6) is 0. The minimum atomic E-state index is -0.126. The van der Waals surface area contributed by atoms with Crippen LogP contribution in [0.15, 0.2) is 164 Å². The minimum Gasteiger partial charge on any atom is -0.359 e. The maximum absolute atomic E-state index is 5.29. The number of fused-ring (bicyclic) bond motifs is 10. The molecule has 1 unspecified atom stereocenters. The topological polar surface area (TPSA) is 34.8 Å². The molecule has 1 aliphatic heterocycles. The van der Waals surface area contributed by atoms with Crippen LogP contribution in [-0.2, 0) is 0 Å². The molecular formula is C47H34N4. The predicted molar refractivity (Wildman–Crippen MR) is 218 cm³/mol. The van der Waals surface area contributed by atoms with Gasteiger partial charge < -0.3 is 14.5 Å². The third kappa shape index (κ3) is 4.36. The van der Waals surface area contributed by atoms with Crippen LogP contribution in [-0.4, -0.2) is 14.1 Å². The summed E-state index contributed by atoms with van der Waals surface area (Å²) >= 11 is 0. The zero-order valence-electron chi connectivity index (χ0n) is 28.2. The molecule has 10 rings (SSSR count). The van der Waals surface area contributed by atoms with E-state index in [1.807, 2.05) is 19.1 Å². The summed E-state index contributed by atoms with van der Waals surface area (Å²) in [6.07, 6.45) is 12.6. The molecule has 0 amide bonds. The average Bonchev–Trinajstić information content (AvgIpc) is 3.70. The molecule has 242 valence electrons. The molecule has 0 spiro atoms. The molecule has 0 saturated carbocycles. The van der Waals surface area contributed by atoms with Gasteiger partial charge in [0, 0.05) is 43.6 Å². The zero-order chi connectivity index (χ0) is 34.1. The van der Waals surface area contributed by atoms with E-state index in [-0.39, 0.29) is 6.17 Å². The van der Waals surface area contributed by atoms with Crippen LogP contribution in [0, 0.1) is 0 Å². The van der Waals surface area contributed by atoms with Crippen molar-refractivity contribution in [3.8, 4) is 5.69 Å². The highest BCUT2D eigenvalue weighted by atomic mass is 15.2. The van der Waals surface area contributed by atoms with Crippen LogP contribution in [0.3, 0.4) is 0 Å². The Morgan fingerprint density at radius 3 is 2.06 bits per heavy atom. The number of nitrogens with one attached hydrogen (secondary N) is 1. The lowest BCUT2D eigenvalue weighted by molar-refractivity contribution is 0.725. The summed E-state index contributed by atoms with van der Waals surface area (Å²) < 4.78 is 4.83. The molecule has 0 fully saturated rings. The van der Waals surface area contributed by atoms with Crippen molar-refractivity contribution in [3.63, 3.8) is 0 Å². The summed E-state index contributed by atoms with van der Waals surface area (Å²) in [6, 6.07) is 45.9. The zero-order valence-corrected chi connectivity index (χ0v) is 28.2. The molecule has 1 aliphatic rings. The number of hydrogen-bond acceptors (Lipinski definition) is 2. The first-order valence-electron chi connectivity index (χ1n) is 17.5. The molecule has 9 aromatic rings. The van der Waals surface area contributed by atoms with E-state index < -0.39 is 0 Å². The second-order valence-electron chi connectivity index (χ2n) is 13.2. The standard InChI is InChI=1S/C47H34N4/c1-3-5-14-30(4-2)45-36-18-6-10-19-39(36)48-47-37(45)26-23-31-24-28-44(49-46(31)47)51-42-22-13-9-17-35(42)38-29-32(25-27-43(38)51)50-40-20-11-7-15-33(40)34-16-8-12-21-41(34)50/h3-29,44,49H,2H2,1H3/b5-3-,30-14+. The van der Waals surface area contributed by atoms with Gasteiger partial charge in [0.1, 0.15) is 6.17 Å². The van der Waals surface area contributed by atoms with Crippen molar-refractivity contribution in [2.75, 3.05) is 5.32 Å². The van der Waals surface area contributed by atoms with E-state index in [1.165, 1.54) is 43.6 Å². The summed E-state index contributed by atoms with van der Waals surface area (Å²) in [6.45, 7) is 6.23. The molecule has 0 aliphatic carbocycles. The van der Waals surface area contributed by atoms with Crippen LogP contribution >= 0.6 is 0 Å². The summed E-state index contributed by atoms with van der Waals surface area (Å²) in [4.78, 5) is 5.29. The van der Waals surface area contributed by atoms with Gasteiger partial charge in [-0.2, -0.15) is 0 Å². The lowest BCUT2D eigenvalue weighted by Crippen LogP contribution is -2.19. The van der Waals surface area contributed by atoms with Gasteiger partial charge in [0.2, 0.25) is 0 Å². The SMILES string of the molecule is C=C/C(=C\C=C/C)c1c2ccccc2nc2c3c(ccc12)C=CC(n1c2ccccc2c2cc(-n4c5ccccc5c5ccccc54)ccc21)N3. The number of pyridine rings is 1. The van der Waals surface area contributed by atoms with Crippen molar-refractivity contribution in [2.24, 2.45) is 0 Å². The summed E-state index contributed by atoms with van der Waals surface area (Å²) in [5.41, 5.74) is 12.2. The van der Waals surface area contributed by atoms with Crippen LogP contribution in [0.2, 0.25) is 0 Å². The van der Waals surface area contributed by atoms with E-state index >= 15 is 0 Å². The largest absolute Gasteiger partial charge is 0.359 e. The third-order valence-electron chi connectivity index (χ3n) is 10.4. The highest BCUT2D eigenvalue weighted by Crippen LogP contribution is 2.42. The Morgan fingerprint density at radius 2 is 1.33 bits per heavy atom. The first-order chi connectivity index (χ1) is 25.2. The third-order valence-corrected chi connectivity index (χ3v) is 10.4. The molecule has 51 heavy (non-hydrogen) atoms. The number of para-hydroxylation sites is 4. The van der Waals surface area contributed by atoms with Gasteiger partial charge in [-0.3, -0.25) is 0 Å². The van der Waals surface area contributed by atoms with Gasteiger partial charge >= 0.3 is 0 Å². The summed E-state index contributed by atoms with van der Waals surface area (Å²) in [5, 5.41) is 11.2. The fourth-order valence-corrected chi connectivity index (χ4v) is 8.20. The van der Waals surface area contributed by atoms with Gasteiger partial charge in [-0.25, -0.2) is 4.98 Å². The Morgan fingerprint density at radius 1 is 0.686 bits per heavy atom.